The van der Waals surface area contributed by atoms with Crippen molar-refractivity contribution in [2.24, 2.45) is 7.05 Å². The van der Waals surface area contributed by atoms with Crippen LogP contribution in [0, 0.1) is 6.92 Å². The molecule has 1 unspecified atom stereocenters. The largest absolute Gasteiger partial charge is 0.549 e. The van der Waals surface area contributed by atoms with Gasteiger partial charge in [0.1, 0.15) is 0 Å². The van der Waals surface area contributed by atoms with Gasteiger partial charge in [0.2, 0.25) is 0 Å². The lowest BCUT2D eigenvalue weighted by atomic mass is 10.1. The molecule has 1 aromatic heterocycles. The van der Waals surface area contributed by atoms with Crippen LogP contribution in [-0.2, 0) is 11.8 Å². The molecule has 0 aliphatic carbocycles. The Balaban J connectivity index is 1.74. The van der Waals surface area contributed by atoms with Gasteiger partial charge < -0.3 is 19.8 Å². The molecule has 1 heterocycles. The van der Waals surface area contributed by atoms with E-state index in [0.717, 1.165) is 22.9 Å². The van der Waals surface area contributed by atoms with Crippen molar-refractivity contribution in [2.45, 2.75) is 24.3 Å². The number of rotatable bonds is 6. The Kier molecular flexibility index (Phi) is 5.79. The lowest BCUT2D eigenvalue weighted by molar-refractivity contribution is -0.304. The number of carbonyl (C=O) groups excluding carboxylic acids is 2. The van der Waals surface area contributed by atoms with E-state index in [4.69, 9.17) is 0 Å². The zero-order chi connectivity index (χ0) is 20.3. The van der Waals surface area contributed by atoms with Gasteiger partial charge in [-0.15, -0.1) is 10.2 Å². The molecule has 7 nitrogen and oxygen atoms in total. The lowest BCUT2D eigenvalue weighted by Crippen LogP contribution is -2.31. The number of nitrogens with one attached hydrogen (secondary N) is 1. The zero-order valence-electron chi connectivity index (χ0n) is 15.7. The summed E-state index contributed by atoms with van der Waals surface area (Å²) in [7, 11) is 1.77. The number of amides is 1. The molecular formula is C20H19N4O3S-. The van der Waals surface area contributed by atoms with Gasteiger partial charge in [-0.3, -0.25) is 4.79 Å². The second-order valence-electron chi connectivity index (χ2n) is 6.29. The standard InChI is InChI=1S/C20H20N4O3S/c1-12-6-4-5-7-16(12)18(25)21-15-10-8-14(9-11-15)17-22-23-20(24(17)3)28-13(2)19(26)27/h4-11,13H,1-3H3,(H,21,25)(H,26,27)/p-1. The highest BCUT2D eigenvalue weighted by Gasteiger charge is 2.15. The van der Waals surface area contributed by atoms with E-state index < -0.39 is 11.2 Å². The number of aromatic nitrogens is 3. The van der Waals surface area contributed by atoms with Crippen LogP contribution in [0.4, 0.5) is 5.69 Å². The molecule has 3 rings (SSSR count). The van der Waals surface area contributed by atoms with Crippen molar-refractivity contribution in [1.82, 2.24) is 14.8 Å². The van der Waals surface area contributed by atoms with Crippen LogP contribution < -0.4 is 10.4 Å². The number of carboxylic acid groups (broad SMARTS) is 1. The van der Waals surface area contributed by atoms with Gasteiger partial charge in [0.25, 0.3) is 5.91 Å². The number of nitrogens with zero attached hydrogens (tertiary/aromatic N) is 3. The first kappa shape index (κ1) is 19.6. The SMILES string of the molecule is Cc1ccccc1C(=O)Nc1ccc(-c2nnc(SC(C)C(=O)[O-])n2C)cc1. The van der Waals surface area contributed by atoms with Gasteiger partial charge >= 0.3 is 0 Å². The van der Waals surface area contributed by atoms with E-state index in [1.165, 1.54) is 0 Å². The summed E-state index contributed by atoms with van der Waals surface area (Å²) in [4.78, 5) is 23.3. The van der Waals surface area contributed by atoms with E-state index in [-0.39, 0.29) is 5.91 Å². The molecule has 0 bridgehead atoms. The first-order valence-corrected chi connectivity index (χ1v) is 9.49. The molecule has 144 valence electrons. The van der Waals surface area contributed by atoms with E-state index in [1.54, 1.807) is 36.7 Å². The average molecular weight is 395 g/mol. The zero-order valence-corrected chi connectivity index (χ0v) is 16.5. The summed E-state index contributed by atoms with van der Waals surface area (Å²) < 4.78 is 1.73. The summed E-state index contributed by atoms with van der Waals surface area (Å²) in [5.41, 5.74) is 3.01. The fourth-order valence-corrected chi connectivity index (χ4v) is 3.35. The van der Waals surface area contributed by atoms with Gasteiger partial charge in [-0.05, 0) is 49.7 Å². The van der Waals surface area contributed by atoms with Crippen LogP contribution in [0.1, 0.15) is 22.8 Å². The summed E-state index contributed by atoms with van der Waals surface area (Å²) in [6.45, 7) is 3.43. The van der Waals surface area contributed by atoms with Gasteiger partial charge in [-0.1, -0.05) is 30.0 Å². The molecular weight excluding hydrogens is 376 g/mol. The maximum Gasteiger partial charge on any atom is 0.255 e. The van der Waals surface area contributed by atoms with Crippen LogP contribution in [0.25, 0.3) is 11.4 Å². The second-order valence-corrected chi connectivity index (χ2v) is 7.60. The Hall–Kier alpha value is -3.13. The molecule has 28 heavy (non-hydrogen) atoms. The minimum atomic E-state index is -1.15. The maximum absolute atomic E-state index is 12.4. The third-order valence-corrected chi connectivity index (χ3v) is 5.35. The number of benzene rings is 2. The number of hydrogen-bond acceptors (Lipinski definition) is 6. The Labute approximate surface area is 166 Å². The predicted molar refractivity (Wildman–Crippen MR) is 106 cm³/mol. The number of carbonyl (C=O) groups is 2. The average Bonchev–Trinajstić information content (AvgIpc) is 3.03. The van der Waals surface area contributed by atoms with Gasteiger partial charge in [0.15, 0.2) is 11.0 Å². The van der Waals surface area contributed by atoms with E-state index in [1.807, 2.05) is 37.3 Å². The molecule has 0 saturated carbocycles. The minimum absolute atomic E-state index is 0.167. The summed E-state index contributed by atoms with van der Waals surface area (Å²) in [6, 6.07) is 14.6. The molecule has 0 radical (unpaired) electrons. The molecule has 2 aromatic carbocycles. The van der Waals surface area contributed by atoms with Crippen molar-refractivity contribution >= 4 is 29.3 Å². The van der Waals surface area contributed by atoms with Crippen molar-refractivity contribution in [3.05, 3.63) is 59.7 Å². The Bertz CT molecular complexity index is 1010. The number of hydrogen-bond donors (Lipinski definition) is 1. The van der Waals surface area contributed by atoms with Crippen LogP contribution in [0.5, 0.6) is 0 Å². The van der Waals surface area contributed by atoms with Crippen molar-refractivity contribution in [3.8, 4) is 11.4 Å². The molecule has 3 aromatic rings. The summed E-state index contributed by atoms with van der Waals surface area (Å²) in [5, 5.41) is 21.7. The van der Waals surface area contributed by atoms with Crippen LogP contribution in [0.15, 0.2) is 53.7 Å². The van der Waals surface area contributed by atoms with Crippen LogP contribution in [0.2, 0.25) is 0 Å². The highest BCUT2D eigenvalue weighted by Crippen LogP contribution is 2.26. The van der Waals surface area contributed by atoms with Gasteiger partial charge in [0.05, 0.1) is 5.97 Å². The molecule has 1 N–H and O–H groups in total. The topological polar surface area (TPSA) is 99.9 Å². The van der Waals surface area contributed by atoms with Crippen LogP contribution >= 0.6 is 11.8 Å². The predicted octanol–water partition coefficient (Wildman–Crippen LogP) is 2.27. The Morgan fingerprint density at radius 1 is 1.11 bits per heavy atom. The number of aliphatic carboxylic acids is 1. The van der Waals surface area contributed by atoms with E-state index in [2.05, 4.69) is 15.5 Å². The first-order valence-electron chi connectivity index (χ1n) is 8.61. The minimum Gasteiger partial charge on any atom is -0.549 e. The molecule has 8 heteroatoms. The normalized spacial score (nSPS) is 11.8. The third-order valence-electron chi connectivity index (χ3n) is 4.24. The van der Waals surface area contributed by atoms with Crippen LogP contribution in [0.3, 0.4) is 0 Å². The molecule has 0 saturated heterocycles. The molecule has 0 aliphatic rings. The smallest absolute Gasteiger partial charge is 0.255 e. The molecule has 0 aliphatic heterocycles. The molecule has 1 amide bonds. The van der Waals surface area contributed by atoms with Gasteiger partial charge in [-0.2, -0.15) is 0 Å². The Morgan fingerprint density at radius 3 is 2.43 bits per heavy atom. The fraction of sp³-hybridized carbons (Fsp3) is 0.200. The van der Waals surface area contributed by atoms with Gasteiger partial charge in [-0.25, -0.2) is 0 Å². The molecule has 0 spiro atoms. The monoisotopic (exact) mass is 395 g/mol. The van der Waals surface area contributed by atoms with Crippen molar-refractivity contribution in [3.63, 3.8) is 0 Å². The first-order chi connectivity index (χ1) is 13.4. The number of aryl methyl sites for hydroxylation is 1. The summed E-state index contributed by atoms with van der Waals surface area (Å²) in [5.74, 6) is -0.715. The van der Waals surface area contributed by atoms with E-state index in [0.29, 0.717) is 22.2 Å². The summed E-state index contributed by atoms with van der Waals surface area (Å²) >= 11 is 1.07. The quantitative estimate of drug-likeness (QED) is 0.643. The molecule has 1 atom stereocenters. The lowest BCUT2D eigenvalue weighted by Gasteiger charge is -2.11. The Morgan fingerprint density at radius 2 is 1.79 bits per heavy atom. The van der Waals surface area contributed by atoms with Crippen molar-refractivity contribution in [1.29, 1.82) is 0 Å². The maximum atomic E-state index is 12.4. The van der Waals surface area contributed by atoms with E-state index >= 15 is 0 Å². The number of anilines is 1. The summed E-state index contributed by atoms with van der Waals surface area (Å²) in [6.07, 6.45) is 0. The number of carboxylic acids is 1. The van der Waals surface area contributed by atoms with Crippen LogP contribution in [-0.4, -0.2) is 31.9 Å². The highest BCUT2D eigenvalue weighted by atomic mass is 32.2. The van der Waals surface area contributed by atoms with Crippen molar-refractivity contribution < 1.29 is 14.7 Å². The van der Waals surface area contributed by atoms with Crippen molar-refractivity contribution in [2.75, 3.05) is 5.32 Å². The molecule has 0 fully saturated rings. The van der Waals surface area contributed by atoms with E-state index in [9.17, 15) is 14.7 Å². The third kappa shape index (κ3) is 4.23. The highest BCUT2D eigenvalue weighted by molar-refractivity contribution is 8.00. The second kappa shape index (κ2) is 8.26. The van der Waals surface area contributed by atoms with Gasteiger partial charge in [0, 0.05) is 29.1 Å². The number of thioether (sulfide) groups is 1. The fourth-order valence-electron chi connectivity index (χ4n) is 2.60.